The first-order chi connectivity index (χ1) is 5.25. The zero-order chi connectivity index (χ0) is 8.27. The van der Waals surface area contributed by atoms with Gasteiger partial charge in [0.05, 0.1) is 0 Å². The summed E-state index contributed by atoms with van der Waals surface area (Å²) in [5, 5.41) is 2.09. The molecule has 1 rings (SSSR count). The monoisotopic (exact) mass is 164 g/mol. The number of rotatable bonds is 2. The van der Waals surface area contributed by atoms with Crippen molar-refractivity contribution in [3.8, 4) is 0 Å². The zero-order valence-electron chi connectivity index (χ0n) is 6.92. The van der Waals surface area contributed by atoms with E-state index in [-0.39, 0.29) is 0 Å². The van der Waals surface area contributed by atoms with Crippen LogP contribution in [0.3, 0.4) is 0 Å². The van der Waals surface area contributed by atoms with Gasteiger partial charge in [-0.3, -0.25) is 0 Å². The molecular weight excluding hydrogens is 152 g/mol. The van der Waals surface area contributed by atoms with Crippen LogP contribution in [-0.4, -0.2) is 0 Å². The van der Waals surface area contributed by atoms with E-state index >= 15 is 0 Å². The Bertz CT molecular complexity index is 265. The first-order valence-corrected chi connectivity index (χ1v) is 4.49. The first kappa shape index (κ1) is 8.28. The van der Waals surface area contributed by atoms with Gasteiger partial charge in [-0.2, -0.15) is 0 Å². The average Bonchev–Trinajstić information content (AvgIpc) is 2.40. The van der Waals surface area contributed by atoms with Gasteiger partial charge in [-0.05, 0) is 36.4 Å². The maximum absolute atomic E-state index is 3.92. The molecule has 0 aromatic carbocycles. The Morgan fingerprint density at radius 2 is 2.36 bits per heavy atom. The molecule has 0 radical (unpaired) electrons. The van der Waals surface area contributed by atoms with Crippen LogP contribution in [0.1, 0.15) is 18.7 Å². The van der Waals surface area contributed by atoms with E-state index in [1.807, 2.05) is 13.8 Å². The minimum Gasteiger partial charge on any atom is -0.144 e. The molecule has 0 aliphatic heterocycles. The molecule has 0 amide bonds. The van der Waals surface area contributed by atoms with Gasteiger partial charge in [-0.1, -0.05) is 18.7 Å². The summed E-state index contributed by atoms with van der Waals surface area (Å²) in [5.74, 6) is 0. The molecule has 0 aliphatic carbocycles. The molecule has 1 heterocycles. The SMILES string of the molecule is C=C(C)C(=CC)c1cccs1. The van der Waals surface area contributed by atoms with Crippen molar-refractivity contribution >= 4 is 16.9 Å². The fraction of sp³-hybridized carbons (Fsp3) is 0.200. The Labute approximate surface area is 71.9 Å². The molecule has 0 aliphatic rings. The van der Waals surface area contributed by atoms with Crippen molar-refractivity contribution in [2.75, 3.05) is 0 Å². The molecule has 0 unspecified atom stereocenters. The smallest absolute Gasteiger partial charge is 0.0341 e. The van der Waals surface area contributed by atoms with E-state index in [0.29, 0.717) is 0 Å². The van der Waals surface area contributed by atoms with E-state index < -0.39 is 0 Å². The third kappa shape index (κ3) is 1.81. The van der Waals surface area contributed by atoms with Crippen LogP contribution >= 0.6 is 11.3 Å². The van der Waals surface area contributed by atoms with Crippen LogP contribution in [0.4, 0.5) is 0 Å². The maximum atomic E-state index is 3.92. The lowest BCUT2D eigenvalue weighted by atomic mass is 10.1. The van der Waals surface area contributed by atoms with Crippen LogP contribution in [-0.2, 0) is 0 Å². The highest BCUT2D eigenvalue weighted by Gasteiger charge is 2.00. The Balaban J connectivity index is 2.99. The van der Waals surface area contributed by atoms with E-state index in [4.69, 9.17) is 0 Å². The Kier molecular flexibility index (Phi) is 2.66. The normalized spacial score (nSPS) is 11.6. The van der Waals surface area contributed by atoms with Gasteiger partial charge in [0.25, 0.3) is 0 Å². The van der Waals surface area contributed by atoms with E-state index in [1.54, 1.807) is 11.3 Å². The molecule has 0 nitrogen and oxygen atoms in total. The fourth-order valence-electron chi connectivity index (χ4n) is 1.03. The predicted octanol–water partition coefficient (Wildman–Crippen LogP) is 3.73. The van der Waals surface area contributed by atoms with Crippen molar-refractivity contribution in [1.29, 1.82) is 0 Å². The standard InChI is InChI=1S/C10H12S/c1-4-9(8(2)3)10-6-5-7-11-10/h4-7H,2H2,1,3H3. The van der Waals surface area contributed by atoms with Crippen LogP contribution in [0.5, 0.6) is 0 Å². The molecule has 0 bridgehead atoms. The van der Waals surface area contributed by atoms with Crippen molar-refractivity contribution in [2.24, 2.45) is 0 Å². The molecule has 0 saturated carbocycles. The number of hydrogen-bond donors (Lipinski definition) is 0. The van der Waals surface area contributed by atoms with Crippen molar-refractivity contribution in [2.45, 2.75) is 13.8 Å². The zero-order valence-corrected chi connectivity index (χ0v) is 7.74. The van der Waals surface area contributed by atoms with Crippen LogP contribution in [0.25, 0.3) is 5.57 Å². The molecule has 1 aromatic heterocycles. The highest BCUT2D eigenvalue weighted by atomic mass is 32.1. The van der Waals surface area contributed by atoms with E-state index in [9.17, 15) is 0 Å². The van der Waals surface area contributed by atoms with Gasteiger partial charge in [0, 0.05) is 4.88 Å². The molecule has 1 heteroatoms. The van der Waals surface area contributed by atoms with Gasteiger partial charge in [-0.15, -0.1) is 11.3 Å². The average molecular weight is 164 g/mol. The summed E-state index contributed by atoms with van der Waals surface area (Å²) < 4.78 is 0. The van der Waals surface area contributed by atoms with Gasteiger partial charge >= 0.3 is 0 Å². The Morgan fingerprint density at radius 3 is 2.73 bits per heavy atom. The van der Waals surface area contributed by atoms with Gasteiger partial charge in [0.15, 0.2) is 0 Å². The summed E-state index contributed by atoms with van der Waals surface area (Å²) in [6.07, 6.45) is 2.11. The molecule has 11 heavy (non-hydrogen) atoms. The summed E-state index contributed by atoms with van der Waals surface area (Å²) in [6, 6.07) is 4.18. The number of thiophene rings is 1. The molecule has 0 spiro atoms. The summed E-state index contributed by atoms with van der Waals surface area (Å²) in [6.45, 7) is 8.00. The molecule has 0 saturated heterocycles. The quantitative estimate of drug-likeness (QED) is 0.584. The van der Waals surface area contributed by atoms with Crippen molar-refractivity contribution < 1.29 is 0 Å². The first-order valence-electron chi connectivity index (χ1n) is 3.61. The lowest BCUT2D eigenvalue weighted by Gasteiger charge is -2.01. The maximum Gasteiger partial charge on any atom is 0.0341 e. The minimum atomic E-state index is 1.13. The van der Waals surface area contributed by atoms with E-state index in [0.717, 1.165) is 5.57 Å². The van der Waals surface area contributed by atoms with Gasteiger partial charge in [0.1, 0.15) is 0 Å². The summed E-state index contributed by atoms with van der Waals surface area (Å²) >= 11 is 1.75. The predicted molar refractivity (Wildman–Crippen MR) is 52.8 cm³/mol. The van der Waals surface area contributed by atoms with Gasteiger partial charge in [-0.25, -0.2) is 0 Å². The third-order valence-electron chi connectivity index (χ3n) is 1.54. The molecule has 0 atom stereocenters. The lowest BCUT2D eigenvalue weighted by Crippen LogP contribution is -1.78. The van der Waals surface area contributed by atoms with Crippen LogP contribution < -0.4 is 0 Å². The van der Waals surface area contributed by atoms with Crippen molar-refractivity contribution in [1.82, 2.24) is 0 Å². The van der Waals surface area contributed by atoms with E-state index in [1.165, 1.54) is 10.5 Å². The highest BCUT2D eigenvalue weighted by Crippen LogP contribution is 2.25. The molecule has 1 aromatic rings. The van der Waals surface area contributed by atoms with E-state index in [2.05, 4.69) is 30.2 Å². The summed E-state index contributed by atoms with van der Waals surface area (Å²) in [4.78, 5) is 1.31. The Morgan fingerprint density at radius 1 is 1.64 bits per heavy atom. The van der Waals surface area contributed by atoms with Crippen LogP contribution in [0, 0.1) is 0 Å². The van der Waals surface area contributed by atoms with Gasteiger partial charge in [0.2, 0.25) is 0 Å². The minimum absolute atomic E-state index is 1.13. The topological polar surface area (TPSA) is 0 Å². The highest BCUT2D eigenvalue weighted by molar-refractivity contribution is 7.11. The second-order valence-electron chi connectivity index (χ2n) is 2.46. The summed E-state index contributed by atoms with van der Waals surface area (Å²) in [7, 11) is 0. The third-order valence-corrected chi connectivity index (χ3v) is 2.44. The van der Waals surface area contributed by atoms with Crippen molar-refractivity contribution in [3.63, 3.8) is 0 Å². The van der Waals surface area contributed by atoms with Gasteiger partial charge < -0.3 is 0 Å². The lowest BCUT2D eigenvalue weighted by molar-refractivity contribution is 1.55. The summed E-state index contributed by atoms with van der Waals surface area (Å²) in [5.41, 5.74) is 2.40. The molecule has 0 fully saturated rings. The number of allylic oxidation sites excluding steroid dienone is 3. The molecule has 58 valence electrons. The fourth-order valence-corrected chi connectivity index (χ4v) is 1.91. The second-order valence-corrected chi connectivity index (χ2v) is 3.41. The Hall–Kier alpha value is -0.820. The van der Waals surface area contributed by atoms with Crippen LogP contribution in [0.2, 0.25) is 0 Å². The molecular formula is C10H12S. The number of hydrogen-bond acceptors (Lipinski definition) is 1. The molecule has 0 N–H and O–H groups in total. The van der Waals surface area contributed by atoms with Crippen LogP contribution in [0.15, 0.2) is 35.7 Å². The second kappa shape index (κ2) is 3.54. The van der Waals surface area contributed by atoms with Crippen molar-refractivity contribution in [3.05, 3.63) is 40.6 Å². The largest absolute Gasteiger partial charge is 0.144 e.